The van der Waals surface area contributed by atoms with Crippen LogP contribution in [0.15, 0.2) is 22.7 Å². The molecule has 0 aromatic heterocycles. The minimum absolute atomic E-state index is 0.0769. The highest BCUT2D eigenvalue weighted by Gasteiger charge is 2.49. The number of fused-ring (bicyclic) bond motifs is 2. The summed E-state index contributed by atoms with van der Waals surface area (Å²) in [6, 6.07) is 5.92. The smallest absolute Gasteiger partial charge is 0.237 e. The van der Waals surface area contributed by atoms with Gasteiger partial charge in [0.2, 0.25) is 5.91 Å². The zero-order valence-electron chi connectivity index (χ0n) is 8.05. The average Bonchev–Trinajstić information content (AvgIpc) is 2.76. The van der Waals surface area contributed by atoms with Gasteiger partial charge in [-0.25, -0.2) is 0 Å². The van der Waals surface area contributed by atoms with Crippen LogP contribution in [0.1, 0.15) is 12.0 Å². The second-order valence-corrected chi connectivity index (χ2v) is 4.94. The zero-order chi connectivity index (χ0) is 10.5. The van der Waals surface area contributed by atoms with Crippen LogP contribution in [0, 0.1) is 0 Å². The van der Waals surface area contributed by atoms with E-state index < -0.39 is 5.41 Å². The lowest BCUT2D eigenvalue weighted by Gasteiger charge is -2.18. The highest BCUT2D eigenvalue weighted by molar-refractivity contribution is 9.10. The second kappa shape index (κ2) is 3.06. The van der Waals surface area contributed by atoms with Crippen molar-refractivity contribution in [1.82, 2.24) is 0 Å². The van der Waals surface area contributed by atoms with Gasteiger partial charge in [0, 0.05) is 16.8 Å². The standard InChI is InChI=1S/C11H10BrNO2/c12-7-1-2-8-9(5-7)13-10(14)11(8)3-4-15-6-11/h1-2,5H,3-4,6H2,(H,13,14)/t11-/m0/s1. The van der Waals surface area contributed by atoms with Crippen LogP contribution in [-0.4, -0.2) is 19.1 Å². The molecule has 0 unspecified atom stereocenters. The number of nitrogens with one attached hydrogen (secondary N) is 1. The van der Waals surface area contributed by atoms with Crippen molar-refractivity contribution in [3.05, 3.63) is 28.2 Å². The van der Waals surface area contributed by atoms with Gasteiger partial charge in [-0.2, -0.15) is 0 Å². The minimum Gasteiger partial charge on any atom is -0.380 e. The summed E-state index contributed by atoms with van der Waals surface area (Å²) in [6.07, 6.45) is 0.785. The summed E-state index contributed by atoms with van der Waals surface area (Å²) in [5.74, 6) is 0.0769. The molecule has 15 heavy (non-hydrogen) atoms. The monoisotopic (exact) mass is 267 g/mol. The summed E-state index contributed by atoms with van der Waals surface area (Å²) < 4.78 is 6.35. The van der Waals surface area contributed by atoms with Crippen molar-refractivity contribution >= 4 is 27.5 Å². The lowest BCUT2D eigenvalue weighted by atomic mass is 9.81. The third-order valence-corrected chi connectivity index (χ3v) is 3.69. The Bertz CT molecular complexity index is 438. The third kappa shape index (κ3) is 1.18. The molecule has 0 radical (unpaired) electrons. The van der Waals surface area contributed by atoms with E-state index in [1.54, 1.807) is 0 Å². The Morgan fingerprint density at radius 2 is 2.33 bits per heavy atom. The Balaban J connectivity index is 2.17. The van der Waals surface area contributed by atoms with Crippen molar-refractivity contribution in [3.8, 4) is 0 Å². The lowest BCUT2D eigenvalue weighted by molar-refractivity contribution is -0.120. The molecule has 3 nitrogen and oxygen atoms in total. The van der Waals surface area contributed by atoms with Gasteiger partial charge in [-0.1, -0.05) is 22.0 Å². The van der Waals surface area contributed by atoms with Crippen molar-refractivity contribution in [1.29, 1.82) is 0 Å². The first-order chi connectivity index (χ1) is 7.22. The average molecular weight is 268 g/mol. The maximum absolute atomic E-state index is 12.0. The zero-order valence-corrected chi connectivity index (χ0v) is 9.63. The van der Waals surface area contributed by atoms with Crippen LogP contribution in [-0.2, 0) is 14.9 Å². The summed E-state index contributed by atoms with van der Waals surface area (Å²) in [5, 5.41) is 2.92. The number of ether oxygens (including phenoxy) is 1. The van der Waals surface area contributed by atoms with Crippen LogP contribution < -0.4 is 5.32 Å². The molecular weight excluding hydrogens is 258 g/mol. The summed E-state index contributed by atoms with van der Waals surface area (Å²) >= 11 is 3.40. The Hall–Kier alpha value is -0.870. The molecule has 1 N–H and O–H groups in total. The molecule has 0 saturated carbocycles. The summed E-state index contributed by atoms with van der Waals surface area (Å²) in [4.78, 5) is 12.0. The molecule has 78 valence electrons. The van der Waals surface area contributed by atoms with Crippen molar-refractivity contribution in [2.45, 2.75) is 11.8 Å². The fourth-order valence-corrected chi connectivity index (χ4v) is 2.72. The Morgan fingerprint density at radius 1 is 1.47 bits per heavy atom. The second-order valence-electron chi connectivity index (χ2n) is 4.03. The van der Waals surface area contributed by atoms with E-state index in [-0.39, 0.29) is 5.91 Å². The number of hydrogen-bond donors (Lipinski definition) is 1. The van der Waals surface area contributed by atoms with Gasteiger partial charge >= 0.3 is 0 Å². The van der Waals surface area contributed by atoms with Crippen LogP contribution in [0.5, 0.6) is 0 Å². The topological polar surface area (TPSA) is 38.3 Å². The number of carbonyl (C=O) groups excluding carboxylic acids is 1. The molecule has 1 aromatic carbocycles. The van der Waals surface area contributed by atoms with Gasteiger partial charge in [-0.05, 0) is 24.1 Å². The first-order valence-electron chi connectivity index (χ1n) is 4.92. The van der Waals surface area contributed by atoms with Gasteiger partial charge in [-0.3, -0.25) is 4.79 Å². The van der Waals surface area contributed by atoms with Gasteiger partial charge in [0.15, 0.2) is 0 Å². The molecule has 1 fully saturated rings. The molecular formula is C11H10BrNO2. The number of anilines is 1. The number of carbonyl (C=O) groups is 1. The van der Waals surface area contributed by atoms with Gasteiger partial charge in [-0.15, -0.1) is 0 Å². The van der Waals surface area contributed by atoms with E-state index in [2.05, 4.69) is 21.2 Å². The molecule has 1 atom stereocenters. The quantitative estimate of drug-likeness (QED) is 0.782. The first-order valence-corrected chi connectivity index (χ1v) is 5.71. The fraction of sp³-hybridized carbons (Fsp3) is 0.364. The largest absolute Gasteiger partial charge is 0.380 e. The van der Waals surface area contributed by atoms with E-state index in [1.807, 2.05) is 18.2 Å². The third-order valence-electron chi connectivity index (χ3n) is 3.20. The normalized spacial score (nSPS) is 28.2. The molecule has 1 aromatic rings. The molecule has 2 aliphatic heterocycles. The van der Waals surface area contributed by atoms with Crippen LogP contribution >= 0.6 is 15.9 Å². The van der Waals surface area contributed by atoms with Gasteiger partial charge < -0.3 is 10.1 Å². The Labute approximate surface area is 95.9 Å². The fourth-order valence-electron chi connectivity index (χ4n) is 2.36. The first kappa shape index (κ1) is 9.36. The maximum atomic E-state index is 12.0. The van der Waals surface area contributed by atoms with E-state index in [0.29, 0.717) is 13.2 Å². The van der Waals surface area contributed by atoms with Gasteiger partial charge in [0.05, 0.1) is 6.61 Å². The number of amides is 1. The highest BCUT2D eigenvalue weighted by Crippen LogP contribution is 2.44. The molecule has 4 heteroatoms. The SMILES string of the molecule is O=C1Nc2cc(Br)ccc2[C@@]12CCOC2. The Kier molecular flexibility index (Phi) is 1.91. The lowest BCUT2D eigenvalue weighted by Crippen LogP contribution is -2.34. The molecule has 0 bridgehead atoms. The van der Waals surface area contributed by atoms with Crippen LogP contribution in [0.25, 0.3) is 0 Å². The van der Waals surface area contributed by atoms with Crippen molar-refractivity contribution in [3.63, 3.8) is 0 Å². The number of benzene rings is 1. The molecule has 1 saturated heterocycles. The van der Waals surface area contributed by atoms with Crippen molar-refractivity contribution < 1.29 is 9.53 Å². The van der Waals surface area contributed by atoms with E-state index in [0.717, 1.165) is 22.1 Å². The van der Waals surface area contributed by atoms with Crippen molar-refractivity contribution in [2.75, 3.05) is 18.5 Å². The van der Waals surface area contributed by atoms with Crippen LogP contribution in [0.3, 0.4) is 0 Å². The highest BCUT2D eigenvalue weighted by atomic mass is 79.9. The molecule has 2 aliphatic rings. The molecule has 1 spiro atoms. The summed E-state index contributed by atoms with van der Waals surface area (Å²) in [6.45, 7) is 1.18. The number of rotatable bonds is 0. The molecule has 1 amide bonds. The summed E-state index contributed by atoms with van der Waals surface area (Å²) in [7, 11) is 0. The predicted molar refractivity (Wildman–Crippen MR) is 59.9 cm³/mol. The van der Waals surface area contributed by atoms with Crippen molar-refractivity contribution in [2.24, 2.45) is 0 Å². The van der Waals surface area contributed by atoms with E-state index in [4.69, 9.17) is 4.74 Å². The Morgan fingerprint density at radius 3 is 3.07 bits per heavy atom. The van der Waals surface area contributed by atoms with E-state index in [9.17, 15) is 4.79 Å². The van der Waals surface area contributed by atoms with Crippen LogP contribution in [0.2, 0.25) is 0 Å². The van der Waals surface area contributed by atoms with Gasteiger partial charge in [0.1, 0.15) is 5.41 Å². The van der Waals surface area contributed by atoms with E-state index >= 15 is 0 Å². The number of halogens is 1. The number of hydrogen-bond acceptors (Lipinski definition) is 2. The predicted octanol–water partition coefficient (Wildman–Crippen LogP) is 2.06. The van der Waals surface area contributed by atoms with Crippen LogP contribution in [0.4, 0.5) is 5.69 Å². The molecule has 3 rings (SSSR count). The maximum Gasteiger partial charge on any atom is 0.237 e. The van der Waals surface area contributed by atoms with E-state index in [1.165, 1.54) is 0 Å². The minimum atomic E-state index is -0.421. The molecule has 0 aliphatic carbocycles. The van der Waals surface area contributed by atoms with Gasteiger partial charge in [0.25, 0.3) is 0 Å². The summed E-state index contributed by atoms with van der Waals surface area (Å²) in [5.41, 5.74) is 1.57. The molecule has 2 heterocycles.